The molecule has 46 heavy (non-hydrogen) atoms. The molecule has 1 saturated carbocycles. The van der Waals surface area contributed by atoms with E-state index in [9.17, 15) is 17.6 Å². The van der Waals surface area contributed by atoms with Crippen LogP contribution < -0.4 is 15.4 Å². The molecule has 2 aromatic heterocycles. The van der Waals surface area contributed by atoms with Crippen LogP contribution in [0.25, 0.3) is 32.9 Å². The lowest BCUT2D eigenvalue weighted by molar-refractivity contribution is 0.00803. The van der Waals surface area contributed by atoms with Gasteiger partial charge >= 0.3 is 6.01 Å². The summed E-state index contributed by atoms with van der Waals surface area (Å²) < 4.78 is 105. The van der Waals surface area contributed by atoms with Crippen LogP contribution in [-0.4, -0.2) is 82.9 Å². The number of nitrogens with zero attached hydrogens (tertiary/aromatic N) is 5. The van der Waals surface area contributed by atoms with Gasteiger partial charge in [0, 0.05) is 41.7 Å². The summed E-state index contributed by atoms with van der Waals surface area (Å²) in [4.78, 5) is 16.1. The van der Waals surface area contributed by atoms with E-state index < -0.39 is 66.8 Å². The summed E-state index contributed by atoms with van der Waals surface area (Å²) in [5.41, 5.74) is 4.00. The molecule has 0 amide bonds. The van der Waals surface area contributed by atoms with Crippen LogP contribution in [0.3, 0.4) is 0 Å². The number of anilines is 2. The van der Waals surface area contributed by atoms with Crippen LogP contribution >= 0.6 is 0 Å². The van der Waals surface area contributed by atoms with E-state index in [2.05, 4.69) is 20.9 Å². The summed E-state index contributed by atoms with van der Waals surface area (Å²) in [7, 11) is 0. The molecule has 5 heterocycles. The van der Waals surface area contributed by atoms with Crippen molar-refractivity contribution in [2.75, 3.05) is 50.0 Å². The Balaban J connectivity index is 1.32. The normalized spacial score (nSPS) is 27.9. The minimum Gasteiger partial charge on any atom is -0.461 e. The van der Waals surface area contributed by atoms with Crippen molar-refractivity contribution in [2.24, 2.45) is 5.92 Å². The maximum absolute atomic E-state index is 16.9. The minimum atomic E-state index is -3.14. The fourth-order valence-corrected chi connectivity index (χ4v) is 7.37. The first kappa shape index (κ1) is 26.9. The van der Waals surface area contributed by atoms with Gasteiger partial charge in [-0.15, -0.1) is 6.42 Å². The lowest BCUT2D eigenvalue weighted by Crippen LogP contribution is -2.43. The van der Waals surface area contributed by atoms with Crippen molar-refractivity contribution < 1.29 is 34.2 Å². The Hall–Kier alpha value is -4.28. The molecule has 4 fully saturated rings. The molecule has 4 aromatic rings. The molecule has 238 valence electrons. The van der Waals surface area contributed by atoms with Gasteiger partial charge in [-0.2, -0.15) is 9.97 Å². The summed E-state index contributed by atoms with van der Waals surface area (Å²) >= 11 is 0. The van der Waals surface area contributed by atoms with Gasteiger partial charge in [0.1, 0.15) is 35.6 Å². The number of alkyl halides is 3. The molecule has 4 atom stereocenters. The van der Waals surface area contributed by atoms with Crippen molar-refractivity contribution in [1.82, 2.24) is 19.9 Å². The van der Waals surface area contributed by atoms with Gasteiger partial charge in [0.2, 0.25) is 0 Å². The molecule has 4 aliphatic rings. The van der Waals surface area contributed by atoms with Crippen molar-refractivity contribution in [3.63, 3.8) is 0 Å². The highest BCUT2D eigenvalue weighted by molar-refractivity contribution is 6.03. The molecule has 8 rings (SSSR count). The minimum absolute atomic E-state index is 0.0229. The molecule has 1 aliphatic carbocycles. The quantitative estimate of drug-likeness (QED) is 0.183. The molecule has 0 radical (unpaired) electrons. The summed E-state index contributed by atoms with van der Waals surface area (Å²) in [6.45, 7) is -2.54. The van der Waals surface area contributed by atoms with Crippen molar-refractivity contribution >= 4 is 33.2 Å². The first-order valence-electron chi connectivity index (χ1n) is 16.0. The first-order valence-corrected chi connectivity index (χ1v) is 15.0. The monoisotopic (exact) mass is 638 g/mol. The summed E-state index contributed by atoms with van der Waals surface area (Å²) in [5.74, 6) is -2.98. The molecule has 13 heteroatoms. The van der Waals surface area contributed by atoms with Crippen LogP contribution in [0.2, 0.25) is 0 Å². The second kappa shape index (κ2) is 10.4. The average molecular weight is 639 g/mol. The van der Waals surface area contributed by atoms with Gasteiger partial charge in [-0.25, -0.2) is 22.0 Å². The number of fused-ring (bicyclic) bond motifs is 4. The highest BCUT2D eigenvalue weighted by atomic mass is 19.3. The smallest absolute Gasteiger partial charge is 0.319 e. The zero-order chi connectivity index (χ0) is 33.7. The van der Waals surface area contributed by atoms with E-state index in [1.165, 1.54) is 29.3 Å². The van der Waals surface area contributed by atoms with Crippen LogP contribution in [0, 0.1) is 29.9 Å². The zero-order valence-corrected chi connectivity index (χ0v) is 24.4. The number of pyridine rings is 1. The van der Waals surface area contributed by atoms with E-state index in [0.717, 1.165) is 0 Å². The highest BCUT2D eigenvalue weighted by Gasteiger charge is 2.58. The Morgan fingerprint density at radius 3 is 2.89 bits per heavy atom. The fourth-order valence-electron chi connectivity index (χ4n) is 7.37. The highest BCUT2D eigenvalue weighted by Crippen LogP contribution is 2.47. The SMILES string of the molecule is [2H]C([2H])(Oc1nc(N2CCOC[C@H]3[C@H](F)[C@H]32)c2cnc(-c3cc(N)cc4ccc(F)c(C#C)c34)c(F)c2n1)[C@@]12CCCN1CC(F)(F)C2. The summed E-state index contributed by atoms with van der Waals surface area (Å²) in [6, 6.07) is 4.32. The van der Waals surface area contributed by atoms with Crippen LogP contribution in [0.4, 0.5) is 33.5 Å². The average Bonchev–Trinajstić information content (AvgIpc) is 3.45. The van der Waals surface area contributed by atoms with Gasteiger partial charge in [0.15, 0.2) is 5.82 Å². The van der Waals surface area contributed by atoms with E-state index in [-0.39, 0.29) is 77.3 Å². The van der Waals surface area contributed by atoms with Gasteiger partial charge in [-0.1, -0.05) is 12.0 Å². The standard InChI is InChI=1S/C33H29F5N6O2/c1-2-19-23(34)5-4-17-10-18(39)11-20(24(17)19)27-26(36)28-21(12-40-27)30(44-8-9-45-13-22-25(35)29(22)44)42-31(41-28)46-16-32-6-3-7-43(32)15-33(37,38)14-32/h1,4-5,10-12,22,25,29H,3,6-9,13-16,39H2/t22-,25-,29-,32-/m0/s1/i16D2. The number of aromatic nitrogens is 3. The Morgan fingerprint density at radius 1 is 1.22 bits per heavy atom. The molecule has 2 N–H and O–H groups in total. The first-order chi connectivity index (χ1) is 22.8. The summed E-state index contributed by atoms with van der Waals surface area (Å²) in [5, 5.41) is 0.690. The largest absolute Gasteiger partial charge is 0.461 e. The van der Waals surface area contributed by atoms with E-state index in [4.69, 9.17) is 24.4 Å². The van der Waals surface area contributed by atoms with Gasteiger partial charge in [-0.05, 0) is 43.0 Å². The molecule has 0 bridgehead atoms. The second-order valence-electron chi connectivity index (χ2n) is 12.4. The number of nitrogen functional groups attached to an aromatic ring is 1. The third-order valence-corrected chi connectivity index (χ3v) is 9.51. The molecule has 3 aliphatic heterocycles. The molecule has 3 saturated heterocycles. The van der Waals surface area contributed by atoms with Crippen LogP contribution in [0.15, 0.2) is 30.5 Å². The van der Waals surface area contributed by atoms with Gasteiger partial charge < -0.3 is 20.1 Å². The molecule has 2 aromatic carbocycles. The van der Waals surface area contributed by atoms with Gasteiger partial charge in [0.25, 0.3) is 5.92 Å². The van der Waals surface area contributed by atoms with E-state index in [1.807, 2.05) is 0 Å². The molecule has 8 nitrogen and oxygen atoms in total. The Labute approximate surface area is 263 Å². The Morgan fingerprint density at radius 2 is 2.07 bits per heavy atom. The number of nitrogens with two attached hydrogens (primary N) is 1. The maximum Gasteiger partial charge on any atom is 0.319 e. The lowest BCUT2D eigenvalue weighted by Gasteiger charge is -2.30. The molecular weight excluding hydrogens is 607 g/mol. The van der Waals surface area contributed by atoms with E-state index in [0.29, 0.717) is 11.8 Å². The second-order valence-corrected chi connectivity index (χ2v) is 12.4. The molecule has 0 spiro atoms. The van der Waals surface area contributed by atoms with Crippen molar-refractivity contribution in [2.45, 2.75) is 42.9 Å². The lowest BCUT2D eigenvalue weighted by atomic mass is 9.94. The number of hydrogen-bond acceptors (Lipinski definition) is 8. The predicted molar refractivity (Wildman–Crippen MR) is 161 cm³/mol. The maximum atomic E-state index is 16.9. The fraction of sp³-hybridized carbons (Fsp3) is 0.424. The number of benzene rings is 2. The van der Waals surface area contributed by atoms with E-state index in [1.54, 1.807) is 11.0 Å². The number of ether oxygens (including phenoxy) is 2. The number of terminal acetylenes is 1. The molecule has 0 unspecified atom stereocenters. The zero-order valence-electron chi connectivity index (χ0n) is 26.4. The third-order valence-electron chi connectivity index (χ3n) is 9.51. The topological polar surface area (TPSA) is 89.6 Å². The number of hydrogen-bond donors (Lipinski definition) is 1. The predicted octanol–water partition coefficient (Wildman–Crippen LogP) is 5.11. The molecular formula is C33H29F5N6O2. The van der Waals surface area contributed by atoms with Gasteiger partial charge in [0.05, 0.1) is 45.0 Å². The van der Waals surface area contributed by atoms with Crippen molar-refractivity contribution in [3.8, 4) is 29.6 Å². The van der Waals surface area contributed by atoms with Crippen molar-refractivity contribution in [3.05, 3.63) is 47.7 Å². The third kappa shape index (κ3) is 4.52. The Bertz CT molecular complexity index is 2050. The van der Waals surface area contributed by atoms with Gasteiger partial charge in [-0.3, -0.25) is 9.88 Å². The number of halogens is 5. The van der Waals surface area contributed by atoms with Crippen LogP contribution in [-0.2, 0) is 4.74 Å². The van der Waals surface area contributed by atoms with Crippen LogP contribution in [0.5, 0.6) is 6.01 Å². The Kier molecular flexibility index (Phi) is 6.06. The van der Waals surface area contributed by atoms with Crippen molar-refractivity contribution in [1.29, 1.82) is 0 Å². The summed E-state index contributed by atoms with van der Waals surface area (Å²) in [6.07, 6.45) is 5.49. The van der Waals surface area contributed by atoms with Crippen LogP contribution in [0.1, 0.15) is 27.6 Å². The van der Waals surface area contributed by atoms with E-state index >= 15 is 4.39 Å². The number of rotatable bonds is 5.